The fourth-order valence-electron chi connectivity index (χ4n) is 1.95. The van der Waals surface area contributed by atoms with Crippen LogP contribution in [0.15, 0.2) is 48.5 Å². The van der Waals surface area contributed by atoms with E-state index in [9.17, 15) is 0 Å². The van der Waals surface area contributed by atoms with Gasteiger partial charge in [0.1, 0.15) is 12.3 Å². The molecule has 0 fully saturated rings. The summed E-state index contributed by atoms with van der Waals surface area (Å²) in [5.41, 5.74) is 2.65. The van der Waals surface area contributed by atoms with Crippen molar-refractivity contribution in [2.45, 2.75) is 13.0 Å². The maximum atomic E-state index is 5.86. The van der Waals surface area contributed by atoms with Gasteiger partial charge in [-0.05, 0) is 29.8 Å². The Morgan fingerprint density at radius 1 is 0.947 bits per heavy atom. The van der Waals surface area contributed by atoms with Crippen molar-refractivity contribution in [2.75, 3.05) is 13.7 Å². The van der Waals surface area contributed by atoms with Crippen molar-refractivity contribution in [3.63, 3.8) is 0 Å². The Hall–Kier alpha value is -1.51. The van der Waals surface area contributed by atoms with Crippen LogP contribution in [0.5, 0.6) is 5.75 Å². The molecule has 0 atom stereocenters. The molecule has 19 heavy (non-hydrogen) atoms. The molecule has 0 saturated heterocycles. The molecule has 2 aromatic rings. The Morgan fingerprint density at radius 3 is 2.21 bits per heavy atom. The average Bonchev–Trinajstić information content (AvgIpc) is 2.46. The van der Waals surface area contributed by atoms with E-state index in [0.29, 0.717) is 0 Å². The van der Waals surface area contributed by atoms with Crippen molar-refractivity contribution in [3.05, 3.63) is 64.7 Å². The normalized spacial score (nSPS) is 10.4. The summed E-state index contributed by atoms with van der Waals surface area (Å²) in [6.07, 6.45) is 1.07. The van der Waals surface area contributed by atoms with E-state index in [1.54, 1.807) is 7.11 Å². The van der Waals surface area contributed by atoms with Gasteiger partial charge in [-0.3, -0.25) is 0 Å². The van der Waals surface area contributed by atoms with E-state index in [1.807, 2.05) is 24.3 Å². The molecule has 0 spiro atoms. The molecule has 2 aromatic carbocycles. The Labute approximate surface area is 119 Å². The highest BCUT2D eigenvalue weighted by atomic mass is 35.5. The Morgan fingerprint density at radius 2 is 1.58 bits per heavy atom. The molecule has 100 valence electrons. The summed E-state index contributed by atoms with van der Waals surface area (Å²) in [4.78, 5) is 0. The number of hydrogen-bond donors (Lipinski definition) is 1. The third-order valence-corrected chi connectivity index (χ3v) is 3.34. The van der Waals surface area contributed by atoms with Gasteiger partial charge in [-0.15, -0.1) is 0 Å². The first-order valence-corrected chi connectivity index (χ1v) is 6.85. The molecule has 0 aliphatic heterocycles. The standard InChI is InChI=1S/C16H18ClNO/c1-19-16-8-4-13(5-9-16)10-11-18-12-14-2-6-15(17)7-3-14/h2-9,18H,10-12H2,1H3/p+1. The van der Waals surface area contributed by atoms with E-state index in [1.165, 1.54) is 11.1 Å². The minimum atomic E-state index is 0.794. The number of methoxy groups -OCH3 is 1. The fourth-order valence-corrected chi connectivity index (χ4v) is 2.08. The average molecular weight is 277 g/mol. The largest absolute Gasteiger partial charge is 0.497 e. The van der Waals surface area contributed by atoms with Crippen molar-refractivity contribution in [1.29, 1.82) is 0 Å². The van der Waals surface area contributed by atoms with Gasteiger partial charge < -0.3 is 10.1 Å². The monoisotopic (exact) mass is 276 g/mol. The van der Waals surface area contributed by atoms with Crippen LogP contribution in [0.25, 0.3) is 0 Å². The first kappa shape index (κ1) is 13.9. The van der Waals surface area contributed by atoms with E-state index in [4.69, 9.17) is 16.3 Å². The first-order valence-electron chi connectivity index (χ1n) is 6.47. The summed E-state index contributed by atoms with van der Waals surface area (Å²) < 4.78 is 5.14. The molecule has 0 radical (unpaired) electrons. The number of halogens is 1. The maximum Gasteiger partial charge on any atom is 0.118 e. The van der Waals surface area contributed by atoms with Gasteiger partial charge in [-0.1, -0.05) is 35.9 Å². The lowest BCUT2D eigenvalue weighted by atomic mass is 10.1. The quantitative estimate of drug-likeness (QED) is 0.807. The van der Waals surface area contributed by atoms with Crippen LogP contribution in [0.3, 0.4) is 0 Å². The summed E-state index contributed by atoms with van der Waals surface area (Å²) in [6, 6.07) is 16.3. The van der Waals surface area contributed by atoms with Crippen LogP contribution in [0, 0.1) is 0 Å². The molecular formula is C16H19ClNO+. The van der Waals surface area contributed by atoms with Gasteiger partial charge in [-0.25, -0.2) is 0 Å². The number of rotatable bonds is 6. The number of ether oxygens (including phenoxy) is 1. The fraction of sp³-hybridized carbons (Fsp3) is 0.250. The highest BCUT2D eigenvalue weighted by Gasteiger charge is 1.98. The second-order valence-electron chi connectivity index (χ2n) is 4.51. The van der Waals surface area contributed by atoms with Crippen LogP contribution in [0.1, 0.15) is 11.1 Å². The third-order valence-electron chi connectivity index (χ3n) is 3.09. The minimum Gasteiger partial charge on any atom is -0.497 e. The topological polar surface area (TPSA) is 25.8 Å². The molecule has 0 heterocycles. The first-order chi connectivity index (χ1) is 9.28. The highest BCUT2D eigenvalue weighted by molar-refractivity contribution is 6.30. The molecule has 2 N–H and O–H groups in total. The van der Waals surface area contributed by atoms with Crippen LogP contribution < -0.4 is 10.1 Å². The van der Waals surface area contributed by atoms with E-state index in [0.717, 1.165) is 30.3 Å². The van der Waals surface area contributed by atoms with Crippen LogP contribution >= 0.6 is 11.6 Å². The van der Waals surface area contributed by atoms with Gasteiger partial charge in [0.05, 0.1) is 13.7 Å². The third kappa shape index (κ3) is 4.58. The van der Waals surface area contributed by atoms with E-state index in [-0.39, 0.29) is 0 Å². The van der Waals surface area contributed by atoms with E-state index < -0.39 is 0 Å². The van der Waals surface area contributed by atoms with Gasteiger partial charge in [0.25, 0.3) is 0 Å². The zero-order chi connectivity index (χ0) is 13.5. The van der Waals surface area contributed by atoms with E-state index in [2.05, 4.69) is 29.6 Å². The minimum absolute atomic E-state index is 0.794. The molecule has 2 nitrogen and oxygen atoms in total. The number of quaternary nitrogens is 1. The molecule has 0 amide bonds. The predicted octanol–water partition coefficient (Wildman–Crippen LogP) is 2.65. The van der Waals surface area contributed by atoms with Crippen LogP contribution in [-0.2, 0) is 13.0 Å². The van der Waals surface area contributed by atoms with Gasteiger partial charge in [-0.2, -0.15) is 0 Å². The summed E-state index contributed by atoms with van der Waals surface area (Å²) >= 11 is 5.86. The van der Waals surface area contributed by atoms with Crippen molar-refractivity contribution in [3.8, 4) is 5.75 Å². The Kier molecular flexibility index (Phi) is 5.25. The van der Waals surface area contributed by atoms with Gasteiger partial charge in [0.2, 0.25) is 0 Å². The molecule has 0 bridgehead atoms. The lowest BCUT2D eigenvalue weighted by Crippen LogP contribution is -2.83. The Balaban J connectivity index is 1.72. The van der Waals surface area contributed by atoms with Crippen molar-refractivity contribution in [1.82, 2.24) is 0 Å². The van der Waals surface area contributed by atoms with Crippen molar-refractivity contribution >= 4 is 11.6 Å². The number of hydrogen-bond acceptors (Lipinski definition) is 1. The van der Waals surface area contributed by atoms with Crippen LogP contribution in [-0.4, -0.2) is 13.7 Å². The van der Waals surface area contributed by atoms with Gasteiger partial charge in [0, 0.05) is 17.0 Å². The highest BCUT2D eigenvalue weighted by Crippen LogP contribution is 2.11. The van der Waals surface area contributed by atoms with Gasteiger partial charge >= 0.3 is 0 Å². The molecule has 0 saturated carbocycles. The number of benzene rings is 2. The zero-order valence-electron chi connectivity index (χ0n) is 11.1. The summed E-state index contributed by atoms with van der Waals surface area (Å²) in [5.74, 6) is 0.911. The van der Waals surface area contributed by atoms with Crippen molar-refractivity contribution in [2.24, 2.45) is 0 Å². The molecule has 0 aliphatic carbocycles. The molecular weight excluding hydrogens is 258 g/mol. The van der Waals surface area contributed by atoms with Crippen molar-refractivity contribution < 1.29 is 10.1 Å². The van der Waals surface area contributed by atoms with Crippen LogP contribution in [0.4, 0.5) is 0 Å². The molecule has 3 heteroatoms. The number of nitrogens with two attached hydrogens (primary N) is 1. The second-order valence-corrected chi connectivity index (χ2v) is 4.94. The SMILES string of the molecule is COc1ccc(CC[NH2+]Cc2ccc(Cl)cc2)cc1. The smallest absolute Gasteiger partial charge is 0.118 e. The summed E-state index contributed by atoms with van der Waals surface area (Å²) in [6.45, 7) is 2.07. The lowest BCUT2D eigenvalue weighted by Gasteiger charge is -2.04. The predicted molar refractivity (Wildman–Crippen MR) is 78.6 cm³/mol. The maximum absolute atomic E-state index is 5.86. The zero-order valence-corrected chi connectivity index (χ0v) is 11.9. The van der Waals surface area contributed by atoms with Crippen LogP contribution in [0.2, 0.25) is 5.02 Å². The summed E-state index contributed by atoms with van der Waals surface area (Å²) in [7, 11) is 1.69. The molecule has 2 rings (SSSR count). The molecule has 0 aromatic heterocycles. The molecule has 0 unspecified atom stereocenters. The summed E-state index contributed by atoms with van der Waals surface area (Å²) in [5, 5.41) is 3.11. The lowest BCUT2D eigenvalue weighted by molar-refractivity contribution is -0.670. The Bertz CT molecular complexity index is 493. The molecule has 0 aliphatic rings. The van der Waals surface area contributed by atoms with Gasteiger partial charge in [0.15, 0.2) is 0 Å². The van der Waals surface area contributed by atoms with E-state index >= 15 is 0 Å². The second kappa shape index (κ2) is 7.17.